The molecule has 33 heavy (non-hydrogen) atoms. The van der Waals surface area contributed by atoms with Crippen LogP contribution in [0.1, 0.15) is 12.0 Å². The van der Waals surface area contributed by atoms with Crippen molar-refractivity contribution in [1.29, 1.82) is 0 Å². The van der Waals surface area contributed by atoms with Crippen LogP contribution in [0.3, 0.4) is 0 Å². The summed E-state index contributed by atoms with van der Waals surface area (Å²) in [5.74, 6) is -0.762. The molecule has 0 spiro atoms. The summed E-state index contributed by atoms with van der Waals surface area (Å²) < 4.78 is 29.9. The van der Waals surface area contributed by atoms with Crippen LogP contribution in [0.4, 0.5) is 11.4 Å². The normalized spacial score (nSPS) is 17.5. The molecule has 1 unspecified atom stereocenters. The highest BCUT2D eigenvalue weighted by Crippen LogP contribution is 2.36. The Morgan fingerprint density at radius 2 is 1.79 bits per heavy atom. The third kappa shape index (κ3) is 5.30. The lowest BCUT2D eigenvalue weighted by Gasteiger charge is -2.16. The minimum absolute atomic E-state index is 0.00980. The molecule has 0 aliphatic carbocycles. The Morgan fingerprint density at radius 1 is 1.09 bits per heavy atom. The van der Waals surface area contributed by atoms with Gasteiger partial charge in [0.2, 0.25) is 11.8 Å². The van der Waals surface area contributed by atoms with Crippen molar-refractivity contribution in [3.8, 4) is 0 Å². The summed E-state index contributed by atoms with van der Waals surface area (Å²) in [5, 5.41) is 1.98. The summed E-state index contributed by atoms with van der Waals surface area (Å²) in [6.45, 7) is 1.87. The van der Waals surface area contributed by atoms with Crippen molar-refractivity contribution in [2.45, 2.75) is 22.8 Å². The van der Waals surface area contributed by atoms with Crippen LogP contribution in [0.25, 0.3) is 0 Å². The zero-order valence-electron chi connectivity index (χ0n) is 17.3. The van der Waals surface area contributed by atoms with Crippen molar-refractivity contribution >= 4 is 73.1 Å². The predicted molar refractivity (Wildman–Crippen MR) is 134 cm³/mol. The van der Waals surface area contributed by atoms with Crippen LogP contribution in [-0.4, -0.2) is 30.6 Å². The van der Waals surface area contributed by atoms with Gasteiger partial charge in [-0.2, -0.15) is 8.42 Å². The number of rotatable bonds is 6. The van der Waals surface area contributed by atoms with Gasteiger partial charge in [-0.05, 0) is 42.8 Å². The molecule has 0 radical (unpaired) electrons. The van der Waals surface area contributed by atoms with Crippen LogP contribution in [0.15, 0.2) is 75.3 Å². The molecule has 2 amide bonds. The average molecular weight is 520 g/mol. The number of carbonyl (C=O) groups is 2. The van der Waals surface area contributed by atoms with E-state index in [0.29, 0.717) is 15.7 Å². The van der Waals surface area contributed by atoms with Crippen LogP contribution in [-0.2, 0) is 19.6 Å². The molecule has 1 N–H and O–H groups in total. The lowest BCUT2D eigenvalue weighted by atomic mass is 10.2. The van der Waals surface area contributed by atoms with E-state index >= 15 is 0 Å². The third-order valence-electron chi connectivity index (χ3n) is 4.74. The van der Waals surface area contributed by atoms with Crippen LogP contribution in [0, 0.1) is 6.92 Å². The van der Waals surface area contributed by atoms with Crippen molar-refractivity contribution in [3.63, 3.8) is 0 Å². The first-order valence-electron chi connectivity index (χ1n) is 9.76. The van der Waals surface area contributed by atoms with Gasteiger partial charge in [-0.25, -0.2) is 0 Å². The maximum Gasteiger partial charge on any atom is 0.294 e. The van der Waals surface area contributed by atoms with E-state index in [4.69, 9.17) is 11.6 Å². The number of para-hydroxylation sites is 2. The molecule has 11 heteroatoms. The number of nitrogens with one attached hydrogen (secondary N) is 1. The summed E-state index contributed by atoms with van der Waals surface area (Å²) in [6.07, 6.45) is -0.134. The molecular formula is C22H18ClN3O4S3. The van der Waals surface area contributed by atoms with Gasteiger partial charge in [-0.3, -0.25) is 14.5 Å². The Kier molecular flexibility index (Phi) is 6.89. The molecule has 3 aromatic rings. The summed E-state index contributed by atoms with van der Waals surface area (Å²) in [6, 6.07) is 18.8. The zero-order chi connectivity index (χ0) is 23.6. The van der Waals surface area contributed by atoms with Gasteiger partial charge in [0.15, 0.2) is 5.17 Å². The van der Waals surface area contributed by atoms with Gasteiger partial charge in [0.1, 0.15) is 9.46 Å². The van der Waals surface area contributed by atoms with Crippen molar-refractivity contribution in [2.75, 3.05) is 10.2 Å². The van der Waals surface area contributed by atoms with E-state index in [-0.39, 0.29) is 21.7 Å². The first-order valence-corrected chi connectivity index (χ1v) is 13.3. The molecule has 0 saturated carbocycles. The van der Waals surface area contributed by atoms with Gasteiger partial charge in [0, 0.05) is 12.1 Å². The Bertz CT molecular complexity index is 1340. The maximum absolute atomic E-state index is 13.2. The van der Waals surface area contributed by atoms with Crippen LogP contribution in [0.5, 0.6) is 0 Å². The fourth-order valence-corrected chi connectivity index (χ4v) is 6.94. The van der Waals surface area contributed by atoms with Crippen LogP contribution in [0.2, 0.25) is 4.34 Å². The van der Waals surface area contributed by atoms with Crippen molar-refractivity contribution in [2.24, 2.45) is 4.40 Å². The van der Waals surface area contributed by atoms with E-state index in [1.165, 1.54) is 17.0 Å². The number of amides is 2. The second-order valence-corrected chi connectivity index (χ2v) is 11.8. The zero-order valence-corrected chi connectivity index (χ0v) is 20.5. The third-order valence-corrected chi connectivity index (χ3v) is 8.96. The van der Waals surface area contributed by atoms with Crippen LogP contribution < -0.4 is 10.2 Å². The molecule has 7 nitrogen and oxygen atoms in total. The smallest absolute Gasteiger partial charge is 0.294 e. The van der Waals surface area contributed by atoms with Gasteiger partial charge >= 0.3 is 0 Å². The monoisotopic (exact) mass is 519 g/mol. The molecule has 2 aromatic carbocycles. The molecule has 1 aromatic heterocycles. The van der Waals surface area contributed by atoms with E-state index < -0.39 is 21.2 Å². The molecular weight excluding hydrogens is 502 g/mol. The number of halogens is 1. The minimum Gasteiger partial charge on any atom is -0.326 e. The number of sulfonamides is 1. The number of hydrogen-bond acceptors (Lipinski definition) is 6. The summed E-state index contributed by atoms with van der Waals surface area (Å²) >= 11 is 7.71. The number of thioether (sulfide) groups is 1. The van der Waals surface area contributed by atoms with Crippen molar-refractivity contribution < 1.29 is 18.0 Å². The van der Waals surface area contributed by atoms with Crippen molar-refractivity contribution in [3.05, 3.63) is 76.6 Å². The quantitative estimate of drug-likeness (QED) is 0.498. The average Bonchev–Trinajstić information content (AvgIpc) is 3.34. The van der Waals surface area contributed by atoms with Gasteiger partial charge in [0.25, 0.3) is 10.0 Å². The number of thiophene rings is 1. The standard InChI is InChI=1S/C22H18ClN3O4S3/c1-14-7-5-6-10-16(14)24-19(27)13-17-21(28)26(15-8-3-2-4-9-15)22(31-17)25-33(29,30)20-12-11-18(23)32-20/h2-12,17H,13H2,1H3,(H,24,27)/b25-22+. The maximum atomic E-state index is 13.2. The van der Waals surface area contributed by atoms with E-state index in [2.05, 4.69) is 9.71 Å². The van der Waals surface area contributed by atoms with E-state index in [1.807, 2.05) is 25.1 Å². The van der Waals surface area contributed by atoms with Gasteiger partial charge in [0.05, 0.1) is 10.0 Å². The first kappa shape index (κ1) is 23.5. The predicted octanol–water partition coefficient (Wildman–Crippen LogP) is 4.93. The van der Waals surface area contributed by atoms with Gasteiger partial charge in [-0.1, -0.05) is 59.8 Å². The lowest BCUT2D eigenvalue weighted by molar-refractivity contribution is -0.121. The highest BCUT2D eigenvalue weighted by molar-refractivity contribution is 8.16. The topological polar surface area (TPSA) is 95.9 Å². The number of aryl methyl sites for hydroxylation is 1. The number of benzene rings is 2. The fourth-order valence-electron chi connectivity index (χ4n) is 3.14. The molecule has 1 saturated heterocycles. The van der Waals surface area contributed by atoms with E-state index in [0.717, 1.165) is 28.7 Å². The Morgan fingerprint density at radius 3 is 2.45 bits per heavy atom. The largest absolute Gasteiger partial charge is 0.326 e. The van der Waals surface area contributed by atoms with Crippen LogP contribution >= 0.6 is 34.7 Å². The van der Waals surface area contributed by atoms with E-state index in [9.17, 15) is 18.0 Å². The summed E-state index contributed by atoms with van der Waals surface area (Å²) in [5.41, 5.74) is 2.02. The Hall–Kier alpha value is -2.66. The number of hydrogen-bond donors (Lipinski definition) is 1. The summed E-state index contributed by atoms with van der Waals surface area (Å²) in [7, 11) is -4.09. The molecule has 2 heterocycles. The fraction of sp³-hybridized carbons (Fsp3) is 0.136. The lowest BCUT2D eigenvalue weighted by Crippen LogP contribution is -2.33. The molecule has 1 aliphatic rings. The second kappa shape index (κ2) is 9.68. The van der Waals surface area contributed by atoms with Gasteiger partial charge < -0.3 is 5.32 Å². The second-order valence-electron chi connectivity index (χ2n) is 7.09. The molecule has 1 aliphatic heterocycles. The highest BCUT2D eigenvalue weighted by atomic mass is 35.5. The molecule has 1 atom stereocenters. The Labute approximate surface area is 204 Å². The SMILES string of the molecule is Cc1ccccc1NC(=O)CC1S/C(=N/S(=O)(=O)c2ccc(Cl)s2)N(c2ccccc2)C1=O. The van der Waals surface area contributed by atoms with E-state index in [1.54, 1.807) is 36.4 Å². The van der Waals surface area contributed by atoms with Gasteiger partial charge in [-0.15, -0.1) is 15.7 Å². The Balaban J connectivity index is 1.62. The minimum atomic E-state index is -4.09. The molecule has 4 rings (SSSR count). The van der Waals surface area contributed by atoms with Crippen molar-refractivity contribution in [1.82, 2.24) is 0 Å². The number of carbonyl (C=O) groups excluding carboxylic acids is 2. The summed E-state index contributed by atoms with van der Waals surface area (Å²) in [4.78, 5) is 27.1. The first-order chi connectivity index (χ1) is 15.7. The highest BCUT2D eigenvalue weighted by Gasteiger charge is 2.41. The molecule has 170 valence electrons. The number of anilines is 2. The molecule has 1 fully saturated rings. The number of nitrogens with zero attached hydrogens (tertiary/aromatic N) is 2. The molecule has 0 bridgehead atoms. The number of amidine groups is 1.